The number of amides is 1. The molecule has 0 saturated carbocycles. The highest BCUT2D eigenvalue weighted by molar-refractivity contribution is 5.82. The molecule has 88 valence electrons. The number of carbonyl (C=O) groups is 1. The molecule has 16 heavy (non-hydrogen) atoms. The minimum Gasteiger partial charge on any atom is -0.497 e. The van der Waals surface area contributed by atoms with Gasteiger partial charge in [-0.1, -0.05) is 0 Å². The van der Waals surface area contributed by atoms with Crippen molar-refractivity contribution in [2.45, 2.75) is 6.04 Å². The Balaban J connectivity index is 3.03. The monoisotopic (exact) mass is 226 g/mol. The molecule has 0 aromatic heterocycles. The van der Waals surface area contributed by atoms with Crippen LogP contribution in [0.2, 0.25) is 0 Å². The first kappa shape index (κ1) is 12.4. The Kier molecular flexibility index (Phi) is 3.84. The average molecular weight is 226 g/mol. The van der Waals surface area contributed by atoms with Crippen molar-refractivity contribution in [3.63, 3.8) is 0 Å². The molecule has 4 nitrogen and oxygen atoms in total. The highest BCUT2D eigenvalue weighted by Gasteiger charge is 2.18. The maximum atomic E-state index is 13.2. The number of hydrogen-bond acceptors (Lipinski definition) is 3. The molecule has 1 amide bonds. The van der Waals surface area contributed by atoms with Crippen LogP contribution in [0.15, 0.2) is 18.2 Å². The number of hydrogen-bond donors (Lipinski definition) is 1. The number of likely N-dealkylation sites (N-methyl/N-ethyl adjacent to an activating group) is 1. The molecule has 1 atom stereocenters. The van der Waals surface area contributed by atoms with Crippen molar-refractivity contribution < 1.29 is 13.9 Å². The van der Waals surface area contributed by atoms with Crippen LogP contribution in [0.1, 0.15) is 11.6 Å². The van der Waals surface area contributed by atoms with Gasteiger partial charge in [0.1, 0.15) is 17.6 Å². The summed E-state index contributed by atoms with van der Waals surface area (Å²) in [6, 6.07) is 3.14. The van der Waals surface area contributed by atoms with E-state index in [1.807, 2.05) is 0 Å². The molecule has 1 aromatic carbocycles. The number of nitrogens with two attached hydrogens (primary N) is 1. The molecule has 0 aliphatic rings. The molecule has 1 rings (SSSR count). The van der Waals surface area contributed by atoms with Crippen molar-refractivity contribution in [2.75, 3.05) is 21.2 Å². The van der Waals surface area contributed by atoms with Crippen LogP contribution in [-0.2, 0) is 4.79 Å². The van der Waals surface area contributed by atoms with Crippen molar-refractivity contribution >= 4 is 5.91 Å². The fourth-order valence-corrected chi connectivity index (χ4v) is 1.30. The van der Waals surface area contributed by atoms with Crippen LogP contribution in [-0.4, -0.2) is 32.0 Å². The lowest BCUT2D eigenvalue weighted by molar-refractivity contribution is -0.130. The average Bonchev–Trinajstić information content (AvgIpc) is 2.25. The third kappa shape index (κ3) is 2.70. The highest BCUT2D eigenvalue weighted by atomic mass is 19.1. The number of rotatable bonds is 3. The molecule has 0 spiro atoms. The first-order valence-electron chi connectivity index (χ1n) is 4.77. The highest BCUT2D eigenvalue weighted by Crippen LogP contribution is 2.20. The third-order valence-electron chi connectivity index (χ3n) is 2.20. The number of halogens is 1. The van der Waals surface area contributed by atoms with Crippen molar-refractivity contribution in [2.24, 2.45) is 5.73 Å². The lowest BCUT2D eigenvalue weighted by atomic mass is 10.1. The summed E-state index contributed by atoms with van der Waals surface area (Å²) in [5.41, 5.74) is 6.12. The second-order valence-corrected chi connectivity index (χ2v) is 3.63. The zero-order chi connectivity index (χ0) is 12.3. The van der Waals surface area contributed by atoms with Gasteiger partial charge >= 0.3 is 0 Å². The maximum absolute atomic E-state index is 13.2. The SMILES string of the molecule is COc1cc(F)cc(C(N)C(=O)N(C)C)c1. The molecule has 0 aliphatic heterocycles. The van der Waals surface area contributed by atoms with Gasteiger partial charge < -0.3 is 15.4 Å². The Bertz CT molecular complexity index is 394. The van der Waals surface area contributed by atoms with Gasteiger partial charge in [0, 0.05) is 20.2 Å². The molecule has 2 N–H and O–H groups in total. The van der Waals surface area contributed by atoms with Crippen LogP contribution in [0.3, 0.4) is 0 Å². The molecule has 5 heteroatoms. The van der Waals surface area contributed by atoms with Gasteiger partial charge in [0.25, 0.3) is 0 Å². The standard InChI is InChI=1S/C11H15FN2O2/c1-14(2)11(15)10(13)7-4-8(12)6-9(5-7)16-3/h4-6,10H,13H2,1-3H3. The van der Waals surface area contributed by atoms with Crippen molar-refractivity contribution in [1.29, 1.82) is 0 Å². The number of carbonyl (C=O) groups excluding carboxylic acids is 1. The maximum Gasteiger partial charge on any atom is 0.243 e. The first-order valence-corrected chi connectivity index (χ1v) is 4.77. The van der Waals surface area contributed by atoms with Crippen LogP contribution in [0.4, 0.5) is 4.39 Å². The number of ether oxygens (including phenoxy) is 1. The predicted molar refractivity (Wildman–Crippen MR) is 58.6 cm³/mol. The van der Waals surface area contributed by atoms with E-state index in [4.69, 9.17) is 10.5 Å². The van der Waals surface area contributed by atoms with Gasteiger partial charge in [0.2, 0.25) is 5.91 Å². The van der Waals surface area contributed by atoms with Crippen LogP contribution < -0.4 is 10.5 Å². The molecule has 1 unspecified atom stereocenters. The lowest BCUT2D eigenvalue weighted by Gasteiger charge is -2.17. The molecule has 0 fully saturated rings. The minimum absolute atomic E-state index is 0.285. The number of benzene rings is 1. The number of methoxy groups -OCH3 is 1. The van der Waals surface area contributed by atoms with Gasteiger partial charge in [-0.15, -0.1) is 0 Å². The largest absolute Gasteiger partial charge is 0.497 e. The second-order valence-electron chi connectivity index (χ2n) is 3.63. The zero-order valence-electron chi connectivity index (χ0n) is 9.53. The summed E-state index contributed by atoms with van der Waals surface area (Å²) in [6.45, 7) is 0. The molecule has 0 saturated heterocycles. The van der Waals surface area contributed by atoms with E-state index in [9.17, 15) is 9.18 Å². The van der Waals surface area contributed by atoms with Crippen molar-refractivity contribution in [3.8, 4) is 5.75 Å². The van der Waals surface area contributed by atoms with E-state index in [-0.39, 0.29) is 5.91 Å². The summed E-state index contributed by atoms with van der Waals surface area (Å²) in [5.74, 6) is -0.416. The molecule has 1 aromatic rings. The lowest BCUT2D eigenvalue weighted by Crippen LogP contribution is -2.33. The Morgan fingerprint density at radius 3 is 2.56 bits per heavy atom. The van der Waals surface area contributed by atoms with Crippen molar-refractivity contribution in [3.05, 3.63) is 29.6 Å². The van der Waals surface area contributed by atoms with Gasteiger partial charge in [0.05, 0.1) is 7.11 Å². The second kappa shape index (κ2) is 4.94. The van der Waals surface area contributed by atoms with Gasteiger partial charge in [-0.05, 0) is 17.7 Å². The topological polar surface area (TPSA) is 55.6 Å². The Hall–Kier alpha value is -1.62. The fourth-order valence-electron chi connectivity index (χ4n) is 1.30. The summed E-state index contributed by atoms with van der Waals surface area (Å²) in [7, 11) is 4.62. The molecule has 0 aliphatic carbocycles. The summed E-state index contributed by atoms with van der Waals surface area (Å²) in [4.78, 5) is 13.0. The smallest absolute Gasteiger partial charge is 0.243 e. The molecular weight excluding hydrogens is 211 g/mol. The van der Waals surface area contributed by atoms with Gasteiger partial charge in [0.15, 0.2) is 0 Å². The van der Waals surface area contributed by atoms with Gasteiger partial charge in [-0.3, -0.25) is 4.79 Å². The van der Waals surface area contributed by atoms with E-state index in [1.54, 1.807) is 20.2 Å². The minimum atomic E-state index is -0.875. The molecule has 0 radical (unpaired) electrons. The van der Waals surface area contributed by atoms with E-state index in [0.717, 1.165) is 0 Å². The summed E-state index contributed by atoms with van der Waals surface area (Å²) < 4.78 is 18.1. The van der Waals surface area contributed by atoms with E-state index >= 15 is 0 Å². The molecule has 0 heterocycles. The first-order chi connectivity index (χ1) is 7.45. The summed E-state index contributed by atoms with van der Waals surface area (Å²) in [6.07, 6.45) is 0. The number of nitrogens with zero attached hydrogens (tertiary/aromatic N) is 1. The predicted octanol–water partition coefficient (Wildman–Crippen LogP) is 0.922. The fraction of sp³-hybridized carbons (Fsp3) is 0.364. The van der Waals surface area contributed by atoms with Crippen LogP contribution in [0.5, 0.6) is 5.75 Å². The Morgan fingerprint density at radius 2 is 2.06 bits per heavy atom. The van der Waals surface area contributed by atoms with Crippen LogP contribution in [0.25, 0.3) is 0 Å². The van der Waals surface area contributed by atoms with E-state index < -0.39 is 11.9 Å². The van der Waals surface area contributed by atoms with E-state index in [1.165, 1.54) is 24.1 Å². The Morgan fingerprint density at radius 1 is 1.44 bits per heavy atom. The molecule has 0 bridgehead atoms. The van der Waals surface area contributed by atoms with Crippen molar-refractivity contribution in [1.82, 2.24) is 4.90 Å². The normalized spacial score (nSPS) is 12.1. The Labute approximate surface area is 93.8 Å². The van der Waals surface area contributed by atoms with E-state index in [0.29, 0.717) is 11.3 Å². The zero-order valence-corrected chi connectivity index (χ0v) is 9.53. The van der Waals surface area contributed by atoms with Crippen LogP contribution >= 0.6 is 0 Å². The summed E-state index contributed by atoms with van der Waals surface area (Å²) >= 11 is 0. The van der Waals surface area contributed by atoms with E-state index in [2.05, 4.69) is 0 Å². The van der Waals surface area contributed by atoms with Crippen LogP contribution in [0, 0.1) is 5.82 Å². The molecular formula is C11H15FN2O2. The van der Waals surface area contributed by atoms with Gasteiger partial charge in [-0.2, -0.15) is 0 Å². The summed E-state index contributed by atoms with van der Waals surface area (Å²) in [5, 5.41) is 0. The quantitative estimate of drug-likeness (QED) is 0.834. The third-order valence-corrected chi connectivity index (χ3v) is 2.20. The van der Waals surface area contributed by atoms with Gasteiger partial charge in [-0.25, -0.2) is 4.39 Å².